The molecule has 0 radical (unpaired) electrons. The summed E-state index contributed by atoms with van der Waals surface area (Å²) in [5.41, 5.74) is 0. The Balaban J connectivity index is 2.54. The second kappa shape index (κ2) is 6.35. The second-order valence-electron chi connectivity index (χ2n) is 4.01. The van der Waals surface area contributed by atoms with Crippen molar-refractivity contribution >= 4 is 21.6 Å². The first-order valence-corrected chi connectivity index (χ1v) is 7.18. The zero-order valence-electron chi connectivity index (χ0n) is 9.98. The Bertz CT molecular complexity index is 443. The summed E-state index contributed by atoms with van der Waals surface area (Å²) in [5, 5.41) is 0.525. The molecule has 0 bridgehead atoms. The normalized spacial score (nSPS) is 12.0. The largest absolute Gasteiger partial charge is 0.309 e. The molecule has 0 aliphatic rings. The number of rotatable bonds is 6. The smallest absolute Gasteiger partial charge is 0.240 e. The topological polar surface area (TPSA) is 49.4 Å². The molecule has 1 rings (SSSR count). The van der Waals surface area contributed by atoms with Gasteiger partial charge < -0.3 is 4.90 Å². The van der Waals surface area contributed by atoms with E-state index in [1.165, 1.54) is 12.1 Å². The molecule has 0 atom stereocenters. The fourth-order valence-corrected chi connectivity index (χ4v) is 2.50. The first kappa shape index (κ1) is 14.4. The summed E-state index contributed by atoms with van der Waals surface area (Å²) in [4.78, 5) is 2.25. The van der Waals surface area contributed by atoms with E-state index in [9.17, 15) is 8.42 Å². The minimum absolute atomic E-state index is 0.242. The van der Waals surface area contributed by atoms with Gasteiger partial charge in [0.15, 0.2) is 0 Å². The summed E-state index contributed by atoms with van der Waals surface area (Å²) in [7, 11) is 0.502. The predicted octanol–water partition coefficient (Wildman–Crippen LogP) is 1.57. The summed E-state index contributed by atoms with van der Waals surface area (Å²) < 4.78 is 26.2. The van der Waals surface area contributed by atoms with E-state index in [2.05, 4.69) is 4.72 Å². The lowest BCUT2D eigenvalue weighted by Gasteiger charge is -2.10. The SMILES string of the molecule is CN(C)CCCNS(=O)(=O)c1ccc(Cl)cc1. The molecule has 0 fully saturated rings. The first-order valence-electron chi connectivity index (χ1n) is 5.32. The van der Waals surface area contributed by atoms with Crippen LogP contribution in [0.3, 0.4) is 0 Å². The molecule has 0 aromatic heterocycles. The van der Waals surface area contributed by atoms with Crippen LogP contribution in [-0.4, -0.2) is 40.5 Å². The predicted molar refractivity (Wildman–Crippen MR) is 69.8 cm³/mol. The molecule has 1 N–H and O–H groups in total. The van der Waals surface area contributed by atoms with Gasteiger partial charge in [-0.2, -0.15) is 0 Å². The molecule has 6 heteroatoms. The van der Waals surface area contributed by atoms with Gasteiger partial charge in [0.05, 0.1) is 4.90 Å². The van der Waals surface area contributed by atoms with E-state index in [1.807, 2.05) is 19.0 Å². The van der Waals surface area contributed by atoms with Gasteiger partial charge in [-0.3, -0.25) is 0 Å². The Kier molecular flexibility index (Phi) is 5.39. The summed E-state index contributed by atoms with van der Waals surface area (Å²) >= 11 is 5.70. The summed E-state index contributed by atoms with van der Waals surface area (Å²) in [6, 6.07) is 6.12. The van der Waals surface area contributed by atoms with E-state index in [0.29, 0.717) is 11.6 Å². The van der Waals surface area contributed by atoms with Crippen LogP contribution in [0.1, 0.15) is 6.42 Å². The zero-order chi connectivity index (χ0) is 12.9. The van der Waals surface area contributed by atoms with E-state index >= 15 is 0 Å². The Labute approximate surface area is 108 Å². The standard InChI is InChI=1S/C11H17ClN2O2S/c1-14(2)9-3-8-13-17(15,16)11-6-4-10(12)5-7-11/h4-7,13H,3,8-9H2,1-2H3. The molecule has 0 unspecified atom stereocenters. The lowest BCUT2D eigenvalue weighted by atomic mass is 10.4. The highest BCUT2D eigenvalue weighted by molar-refractivity contribution is 7.89. The van der Waals surface area contributed by atoms with Crippen LogP contribution in [-0.2, 0) is 10.0 Å². The van der Waals surface area contributed by atoms with Gasteiger partial charge >= 0.3 is 0 Å². The number of sulfonamides is 1. The van der Waals surface area contributed by atoms with Gasteiger partial charge in [-0.15, -0.1) is 0 Å². The first-order chi connectivity index (χ1) is 7.92. The van der Waals surface area contributed by atoms with Crippen molar-refractivity contribution in [2.24, 2.45) is 0 Å². The Morgan fingerprint density at radius 3 is 2.35 bits per heavy atom. The molecule has 4 nitrogen and oxygen atoms in total. The number of nitrogens with zero attached hydrogens (tertiary/aromatic N) is 1. The number of hydrogen-bond donors (Lipinski definition) is 1. The molecule has 0 amide bonds. The van der Waals surface area contributed by atoms with E-state index in [4.69, 9.17) is 11.6 Å². The van der Waals surface area contributed by atoms with E-state index in [1.54, 1.807) is 12.1 Å². The molecule has 96 valence electrons. The highest BCUT2D eigenvalue weighted by Crippen LogP contribution is 2.13. The average molecular weight is 277 g/mol. The Morgan fingerprint density at radius 2 is 1.82 bits per heavy atom. The molecule has 0 aliphatic heterocycles. The number of benzene rings is 1. The van der Waals surface area contributed by atoms with Crippen molar-refractivity contribution in [3.05, 3.63) is 29.3 Å². The maximum absolute atomic E-state index is 11.8. The van der Waals surface area contributed by atoms with Crippen molar-refractivity contribution in [3.63, 3.8) is 0 Å². The minimum Gasteiger partial charge on any atom is -0.309 e. The molecule has 0 saturated heterocycles. The Hall–Kier alpha value is -0.620. The quantitative estimate of drug-likeness (QED) is 0.803. The number of nitrogens with one attached hydrogen (secondary N) is 1. The molecule has 1 aromatic carbocycles. The molecular weight excluding hydrogens is 260 g/mol. The van der Waals surface area contributed by atoms with Gasteiger partial charge in [0, 0.05) is 11.6 Å². The zero-order valence-corrected chi connectivity index (χ0v) is 11.6. The monoisotopic (exact) mass is 276 g/mol. The van der Waals surface area contributed by atoms with Gasteiger partial charge in [-0.25, -0.2) is 13.1 Å². The maximum atomic E-state index is 11.8. The third kappa shape index (κ3) is 5.04. The number of hydrogen-bond acceptors (Lipinski definition) is 3. The molecule has 0 heterocycles. The fraction of sp³-hybridized carbons (Fsp3) is 0.455. The van der Waals surface area contributed by atoms with Gasteiger partial charge in [0.25, 0.3) is 0 Å². The van der Waals surface area contributed by atoms with Gasteiger partial charge in [0.1, 0.15) is 0 Å². The fourth-order valence-electron chi connectivity index (χ4n) is 1.30. The average Bonchev–Trinajstić information content (AvgIpc) is 2.25. The van der Waals surface area contributed by atoms with Crippen molar-refractivity contribution in [1.29, 1.82) is 0 Å². The van der Waals surface area contributed by atoms with Crippen LogP contribution in [0, 0.1) is 0 Å². The van der Waals surface area contributed by atoms with E-state index < -0.39 is 10.0 Å². The number of halogens is 1. The lowest BCUT2D eigenvalue weighted by molar-refractivity contribution is 0.400. The summed E-state index contributed by atoms with van der Waals surface area (Å²) in [6.45, 7) is 1.28. The van der Waals surface area contributed by atoms with Crippen molar-refractivity contribution in [3.8, 4) is 0 Å². The van der Waals surface area contributed by atoms with E-state index in [0.717, 1.165) is 13.0 Å². The van der Waals surface area contributed by atoms with Crippen LogP contribution >= 0.6 is 11.6 Å². The Morgan fingerprint density at radius 1 is 1.24 bits per heavy atom. The molecule has 0 spiro atoms. The molecule has 17 heavy (non-hydrogen) atoms. The molecule has 0 saturated carbocycles. The highest BCUT2D eigenvalue weighted by atomic mass is 35.5. The van der Waals surface area contributed by atoms with Crippen LogP contribution in [0.2, 0.25) is 5.02 Å². The van der Waals surface area contributed by atoms with Crippen LogP contribution in [0.5, 0.6) is 0 Å². The van der Waals surface area contributed by atoms with Gasteiger partial charge in [0.2, 0.25) is 10.0 Å². The van der Waals surface area contributed by atoms with Crippen molar-refractivity contribution in [2.45, 2.75) is 11.3 Å². The summed E-state index contributed by atoms with van der Waals surface area (Å²) in [6.07, 6.45) is 0.778. The van der Waals surface area contributed by atoms with Crippen molar-refractivity contribution in [2.75, 3.05) is 27.2 Å². The lowest BCUT2D eigenvalue weighted by Crippen LogP contribution is -2.27. The third-order valence-corrected chi connectivity index (χ3v) is 3.93. The summed E-state index contributed by atoms with van der Waals surface area (Å²) in [5.74, 6) is 0. The molecule has 1 aromatic rings. The van der Waals surface area contributed by atoms with Gasteiger partial charge in [-0.05, 0) is 51.3 Å². The van der Waals surface area contributed by atoms with Crippen molar-refractivity contribution < 1.29 is 8.42 Å². The molecular formula is C11H17ClN2O2S. The van der Waals surface area contributed by atoms with Crippen LogP contribution in [0.15, 0.2) is 29.2 Å². The second-order valence-corrected chi connectivity index (χ2v) is 6.21. The van der Waals surface area contributed by atoms with Crippen LogP contribution < -0.4 is 4.72 Å². The van der Waals surface area contributed by atoms with E-state index in [-0.39, 0.29) is 4.90 Å². The van der Waals surface area contributed by atoms with Crippen molar-refractivity contribution in [1.82, 2.24) is 9.62 Å². The minimum atomic E-state index is -3.40. The molecule has 0 aliphatic carbocycles. The third-order valence-electron chi connectivity index (χ3n) is 2.20. The highest BCUT2D eigenvalue weighted by Gasteiger charge is 2.12. The van der Waals surface area contributed by atoms with Crippen LogP contribution in [0.25, 0.3) is 0 Å². The van der Waals surface area contributed by atoms with Gasteiger partial charge in [-0.1, -0.05) is 11.6 Å². The maximum Gasteiger partial charge on any atom is 0.240 e. The van der Waals surface area contributed by atoms with Crippen LogP contribution in [0.4, 0.5) is 0 Å².